The average molecular weight is 278 g/mol. The van der Waals surface area contributed by atoms with Crippen LogP contribution in [0.1, 0.15) is 18.1 Å². The van der Waals surface area contributed by atoms with Crippen molar-refractivity contribution in [3.05, 3.63) is 47.5 Å². The van der Waals surface area contributed by atoms with E-state index >= 15 is 0 Å². The molecule has 5 nitrogen and oxygen atoms in total. The van der Waals surface area contributed by atoms with Gasteiger partial charge in [-0.15, -0.1) is 0 Å². The van der Waals surface area contributed by atoms with Crippen LogP contribution >= 0.6 is 0 Å². The first-order valence-electron chi connectivity index (χ1n) is 6.41. The molecule has 104 valence electrons. The predicted molar refractivity (Wildman–Crippen MR) is 81.2 cm³/mol. The number of nitriles is 2. The zero-order valence-corrected chi connectivity index (χ0v) is 11.6. The number of ether oxygens (including phenoxy) is 1. The van der Waals surface area contributed by atoms with Crippen LogP contribution in [0.15, 0.2) is 36.4 Å². The van der Waals surface area contributed by atoms with Gasteiger partial charge in [-0.25, -0.2) is 0 Å². The average Bonchev–Trinajstić information content (AvgIpc) is 2.50. The molecule has 0 spiro atoms. The van der Waals surface area contributed by atoms with Gasteiger partial charge < -0.3 is 15.8 Å². The minimum absolute atomic E-state index is 0.336. The maximum Gasteiger partial charge on any atom is 0.144 e. The molecule has 21 heavy (non-hydrogen) atoms. The number of anilines is 3. The molecule has 0 aromatic heterocycles. The summed E-state index contributed by atoms with van der Waals surface area (Å²) in [7, 11) is 0. The molecule has 0 aliphatic heterocycles. The summed E-state index contributed by atoms with van der Waals surface area (Å²) in [4.78, 5) is 0. The molecule has 0 saturated carbocycles. The maximum absolute atomic E-state index is 9.03. The number of hydrogen-bond acceptors (Lipinski definition) is 5. The SMILES string of the molecule is CCOc1cc(Nc2ccc(C#N)c(C#N)c2)ccc1N. The first-order chi connectivity index (χ1) is 10.2. The van der Waals surface area contributed by atoms with Crippen molar-refractivity contribution < 1.29 is 4.74 Å². The molecule has 0 radical (unpaired) electrons. The normalized spacial score (nSPS) is 9.48. The Kier molecular flexibility index (Phi) is 4.28. The van der Waals surface area contributed by atoms with Gasteiger partial charge in [0.1, 0.15) is 17.9 Å². The Labute approximate surface area is 123 Å². The first kappa shape index (κ1) is 14.2. The Morgan fingerprint density at radius 1 is 1.05 bits per heavy atom. The van der Waals surface area contributed by atoms with E-state index in [0.29, 0.717) is 29.2 Å². The van der Waals surface area contributed by atoms with E-state index < -0.39 is 0 Å². The molecule has 0 unspecified atom stereocenters. The summed E-state index contributed by atoms with van der Waals surface area (Å²) in [5, 5.41) is 21.1. The van der Waals surface area contributed by atoms with Crippen molar-refractivity contribution in [2.45, 2.75) is 6.92 Å². The number of nitrogens with zero attached hydrogens (tertiary/aromatic N) is 2. The molecule has 2 aromatic carbocycles. The second-order valence-electron chi connectivity index (χ2n) is 4.29. The number of nitrogens with one attached hydrogen (secondary N) is 1. The van der Waals surface area contributed by atoms with Crippen molar-refractivity contribution in [3.8, 4) is 17.9 Å². The van der Waals surface area contributed by atoms with Crippen molar-refractivity contribution in [2.24, 2.45) is 0 Å². The Bertz CT molecular complexity index is 741. The molecular weight excluding hydrogens is 264 g/mol. The molecule has 0 aliphatic carbocycles. The van der Waals surface area contributed by atoms with Gasteiger partial charge in [0.2, 0.25) is 0 Å². The van der Waals surface area contributed by atoms with Crippen LogP contribution in [0, 0.1) is 22.7 Å². The van der Waals surface area contributed by atoms with Crippen LogP contribution in [0.5, 0.6) is 5.75 Å². The van der Waals surface area contributed by atoms with Crippen LogP contribution < -0.4 is 15.8 Å². The number of rotatable bonds is 4. The third-order valence-corrected chi connectivity index (χ3v) is 2.86. The quantitative estimate of drug-likeness (QED) is 0.837. The number of benzene rings is 2. The lowest BCUT2D eigenvalue weighted by Gasteiger charge is -2.11. The number of nitrogens with two attached hydrogens (primary N) is 1. The number of hydrogen-bond donors (Lipinski definition) is 2. The standard InChI is InChI=1S/C16H14N4O/c1-2-21-16-8-14(5-6-15(16)19)20-13-4-3-11(9-17)12(7-13)10-18/h3-8,20H,2,19H2,1H3. The molecule has 0 bridgehead atoms. The highest BCUT2D eigenvalue weighted by Gasteiger charge is 2.05. The second kappa shape index (κ2) is 6.31. The first-order valence-corrected chi connectivity index (χ1v) is 6.41. The van der Waals surface area contributed by atoms with E-state index in [4.69, 9.17) is 21.0 Å². The van der Waals surface area contributed by atoms with Crippen LogP contribution in [-0.2, 0) is 0 Å². The zero-order chi connectivity index (χ0) is 15.2. The lowest BCUT2D eigenvalue weighted by atomic mass is 10.1. The van der Waals surface area contributed by atoms with E-state index in [1.54, 1.807) is 30.3 Å². The Hall–Kier alpha value is -3.18. The Balaban J connectivity index is 2.29. The van der Waals surface area contributed by atoms with Crippen LogP contribution in [0.3, 0.4) is 0 Å². The van der Waals surface area contributed by atoms with Crippen LogP contribution in [0.2, 0.25) is 0 Å². The molecule has 2 aromatic rings. The monoisotopic (exact) mass is 278 g/mol. The van der Waals surface area contributed by atoms with Crippen LogP contribution in [0.25, 0.3) is 0 Å². The van der Waals surface area contributed by atoms with E-state index in [1.165, 1.54) is 0 Å². The summed E-state index contributed by atoms with van der Waals surface area (Å²) < 4.78 is 5.44. The summed E-state index contributed by atoms with van der Waals surface area (Å²) in [6.07, 6.45) is 0. The molecule has 0 saturated heterocycles. The van der Waals surface area contributed by atoms with Gasteiger partial charge in [-0.2, -0.15) is 10.5 Å². The van der Waals surface area contributed by atoms with Gasteiger partial charge in [0.15, 0.2) is 0 Å². The molecule has 0 heterocycles. The summed E-state index contributed by atoms with van der Waals surface area (Å²) in [5.41, 5.74) is 8.60. The van der Waals surface area contributed by atoms with E-state index in [9.17, 15) is 0 Å². The smallest absolute Gasteiger partial charge is 0.144 e. The second-order valence-corrected chi connectivity index (χ2v) is 4.29. The molecular formula is C16H14N4O. The third kappa shape index (κ3) is 3.23. The summed E-state index contributed by atoms with van der Waals surface area (Å²) >= 11 is 0. The van der Waals surface area contributed by atoms with Crippen molar-refractivity contribution in [1.29, 1.82) is 10.5 Å². The van der Waals surface area contributed by atoms with Crippen molar-refractivity contribution in [1.82, 2.24) is 0 Å². The van der Waals surface area contributed by atoms with Gasteiger partial charge in [0, 0.05) is 17.4 Å². The van der Waals surface area contributed by atoms with Gasteiger partial charge in [-0.3, -0.25) is 0 Å². The lowest BCUT2D eigenvalue weighted by molar-refractivity contribution is 0.342. The van der Waals surface area contributed by atoms with E-state index in [-0.39, 0.29) is 0 Å². The third-order valence-electron chi connectivity index (χ3n) is 2.86. The molecule has 0 aliphatic rings. The van der Waals surface area contributed by atoms with Crippen molar-refractivity contribution >= 4 is 17.1 Å². The van der Waals surface area contributed by atoms with Gasteiger partial charge in [0.05, 0.1) is 23.4 Å². The minimum atomic E-state index is 0.336. The van der Waals surface area contributed by atoms with Gasteiger partial charge in [-0.1, -0.05) is 0 Å². The highest BCUT2D eigenvalue weighted by molar-refractivity contribution is 5.68. The fourth-order valence-corrected chi connectivity index (χ4v) is 1.87. The topological polar surface area (TPSA) is 94.9 Å². The van der Waals surface area contributed by atoms with E-state index in [0.717, 1.165) is 11.4 Å². The molecule has 5 heteroatoms. The minimum Gasteiger partial charge on any atom is -0.492 e. The molecule has 0 atom stereocenters. The summed E-state index contributed by atoms with van der Waals surface area (Å²) in [5.74, 6) is 0.608. The largest absolute Gasteiger partial charge is 0.492 e. The van der Waals surface area contributed by atoms with Gasteiger partial charge in [-0.05, 0) is 37.3 Å². The van der Waals surface area contributed by atoms with Crippen LogP contribution in [0.4, 0.5) is 17.1 Å². The fourth-order valence-electron chi connectivity index (χ4n) is 1.87. The maximum atomic E-state index is 9.03. The lowest BCUT2D eigenvalue weighted by Crippen LogP contribution is -1.98. The molecule has 0 amide bonds. The molecule has 2 rings (SSSR count). The molecule has 0 fully saturated rings. The van der Waals surface area contributed by atoms with Crippen molar-refractivity contribution in [2.75, 3.05) is 17.7 Å². The summed E-state index contributed by atoms with van der Waals surface area (Å²) in [6, 6.07) is 14.4. The fraction of sp³-hybridized carbons (Fsp3) is 0.125. The number of nitrogen functional groups attached to an aromatic ring is 1. The van der Waals surface area contributed by atoms with Crippen LogP contribution in [-0.4, -0.2) is 6.61 Å². The van der Waals surface area contributed by atoms with Gasteiger partial charge >= 0.3 is 0 Å². The highest BCUT2D eigenvalue weighted by atomic mass is 16.5. The predicted octanol–water partition coefficient (Wildman–Crippen LogP) is 3.15. The van der Waals surface area contributed by atoms with E-state index in [2.05, 4.69) is 5.32 Å². The Morgan fingerprint density at radius 3 is 2.38 bits per heavy atom. The highest BCUT2D eigenvalue weighted by Crippen LogP contribution is 2.28. The zero-order valence-electron chi connectivity index (χ0n) is 11.6. The van der Waals surface area contributed by atoms with Gasteiger partial charge in [0.25, 0.3) is 0 Å². The summed E-state index contributed by atoms with van der Waals surface area (Å²) in [6.45, 7) is 2.42. The van der Waals surface area contributed by atoms with Crippen molar-refractivity contribution in [3.63, 3.8) is 0 Å². The Morgan fingerprint density at radius 2 is 1.71 bits per heavy atom. The van der Waals surface area contributed by atoms with E-state index in [1.807, 2.05) is 25.1 Å². The molecule has 3 N–H and O–H groups in total.